The number of methoxy groups -OCH3 is 1. The number of nitrogens with one attached hydrogen (secondary N) is 1. The van der Waals surface area contributed by atoms with Gasteiger partial charge in [0.25, 0.3) is 0 Å². The predicted octanol–water partition coefficient (Wildman–Crippen LogP) is 2.52. The molecule has 20 heavy (non-hydrogen) atoms. The highest BCUT2D eigenvalue weighted by Gasteiger charge is 2.23. The molecule has 0 fully saturated rings. The Kier molecular flexibility index (Phi) is 4.45. The summed E-state index contributed by atoms with van der Waals surface area (Å²) in [5.41, 5.74) is 2.20. The Morgan fingerprint density at radius 3 is 2.70 bits per heavy atom. The second-order valence-electron chi connectivity index (χ2n) is 5.95. The highest BCUT2D eigenvalue weighted by atomic mass is 16.5. The molecule has 1 heterocycles. The number of hydrogen-bond acceptors (Lipinski definition) is 3. The van der Waals surface area contributed by atoms with Gasteiger partial charge in [-0.3, -0.25) is 4.68 Å². The summed E-state index contributed by atoms with van der Waals surface area (Å²) in [7, 11) is 5.77. The molecule has 0 bridgehead atoms. The molecule has 4 nitrogen and oxygen atoms in total. The molecule has 1 aromatic heterocycles. The Labute approximate surface area is 121 Å². The highest BCUT2D eigenvalue weighted by molar-refractivity contribution is 5.81. The van der Waals surface area contributed by atoms with Crippen molar-refractivity contribution in [1.82, 2.24) is 15.1 Å². The van der Waals surface area contributed by atoms with Crippen molar-refractivity contribution in [2.24, 2.45) is 7.05 Å². The number of para-hydroxylation sites is 1. The van der Waals surface area contributed by atoms with Crippen molar-refractivity contribution in [2.75, 3.05) is 14.2 Å². The monoisotopic (exact) mass is 275 g/mol. The van der Waals surface area contributed by atoms with Gasteiger partial charge in [0.05, 0.1) is 16.8 Å². The summed E-state index contributed by atoms with van der Waals surface area (Å²) in [5.74, 6) is 0. The molecular formula is C16H25N3O. The van der Waals surface area contributed by atoms with Crippen molar-refractivity contribution < 1.29 is 4.74 Å². The Balaban J connectivity index is 2.22. The van der Waals surface area contributed by atoms with Crippen LogP contribution in [-0.4, -0.2) is 35.6 Å². The molecule has 0 spiro atoms. The summed E-state index contributed by atoms with van der Waals surface area (Å²) in [6.45, 7) is 4.24. The Hall–Kier alpha value is -1.39. The fourth-order valence-electron chi connectivity index (χ4n) is 2.63. The average Bonchev–Trinajstić information content (AvgIpc) is 2.75. The summed E-state index contributed by atoms with van der Waals surface area (Å²) in [6.07, 6.45) is 1.86. The van der Waals surface area contributed by atoms with Crippen LogP contribution in [0, 0.1) is 0 Å². The van der Waals surface area contributed by atoms with Crippen molar-refractivity contribution in [3.63, 3.8) is 0 Å². The third-order valence-electron chi connectivity index (χ3n) is 3.97. The zero-order chi connectivity index (χ0) is 14.8. The van der Waals surface area contributed by atoms with Crippen LogP contribution >= 0.6 is 0 Å². The second kappa shape index (κ2) is 5.94. The number of nitrogens with zero attached hydrogens (tertiary/aromatic N) is 2. The highest BCUT2D eigenvalue weighted by Crippen LogP contribution is 2.22. The summed E-state index contributed by atoms with van der Waals surface area (Å²) in [5, 5.41) is 9.30. The number of ether oxygens (including phenoxy) is 1. The molecule has 1 atom stereocenters. The van der Waals surface area contributed by atoms with Gasteiger partial charge in [-0.15, -0.1) is 0 Å². The van der Waals surface area contributed by atoms with Gasteiger partial charge in [-0.05, 0) is 33.4 Å². The molecule has 4 heteroatoms. The molecule has 1 aromatic carbocycles. The van der Waals surface area contributed by atoms with Crippen LogP contribution in [0.25, 0.3) is 10.9 Å². The molecule has 0 radical (unpaired) electrons. The van der Waals surface area contributed by atoms with E-state index in [1.807, 2.05) is 18.8 Å². The number of hydrogen-bond donors (Lipinski definition) is 1. The van der Waals surface area contributed by atoms with Crippen LogP contribution in [0.5, 0.6) is 0 Å². The van der Waals surface area contributed by atoms with E-state index < -0.39 is 0 Å². The molecule has 0 saturated heterocycles. The number of aryl methyl sites for hydroxylation is 1. The summed E-state index contributed by atoms with van der Waals surface area (Å²) in [6, 6.07) is 8.73. The van der Waals surface area contributed by atoms with E-state index in [1.165, 1.54) is 10.9 Å². The lowest BCUT2D eigenvalue weighted by Gasteiger charge is -2.28. The fourth-order valence-corrected chi connectivity index (χ4v) is 2.63. The van der Waals surface area contributed by atoms with Gasteiger partial charge in [-0.2, -0.15) is 5.10 Å². The molecule has 2 rings (SSSR count). The van der Waals surface area contributed by atoms with Crippen molar-refractivity contribution in [3.05, 3.63) is 30.0 Å². The average molecular weight is 275 g/mol. The van der Waals surface area contributed by atoms with E-state index in [1.54, 1.807) is 7.11 Å². The zero-order valence-corrected chi connectivity index (χ0v) is 13.1. The molecule has 1 unspecified atom stereocenters. The van der Waals surface area contributed by atoms with E-state index in [9.17, 15) is 0 Å². The molecule has 110 valence electrons. The third kappa shape index (κ3) is 3.19. The van der Waals surface area contributed by atoms with E-state index in [4.69, 9.17) is 4.74 Å². The summed E-state index contributed by atoms with van der Waals surface area (Å²) < 4.78 is 7.49. The minimum atomic E-state index is -0.127. The molecule has 0 aliphatic heterocycles. The van der Waals surface area contributed by atoms with Gasteiger partial charge in [-0.1, -0.05) is 18.2 Å². The van der Waals surface area contributed by atoms with Crippen LogP contribution in [0.1, 0.15) is 26.0 Å². The first-order valence-electron chi connectivity index (χ1n) is 7.10. The standard InChI is InChI=1S/C16H25N3O/c1-16(2,20-5)11-12(17-3)10-14-13-8-6-7-9-15(13)19(4)18-14/h6-9,12,17H,10-11H2,1-5H3. The van der Waals surface area contributed by atoms with E-state index in [0.717, 1.165) is 18.5 Å². The number of fused-ring (bicyclic) bond motifs is 1. The van der Waals surface area contributed by atoms with Crippen LogP contribution in [0.2, 0.25) is 0 Å². The Morgan fingerprint density at radius 1 is 1.35 bits per heavy atom. The minimum Gasteiger partial charge on any atom is -0.379 e. The van der Waals surface area contributed by atoms with E-state index in [-0.39, 0.29) is 5.60 Å². The van der Waals surface area contributed by atoms with Gasteiger partial charge in [-0.25, -0.2) is 0 Å². The van der Waals surface area contributed by atoms with Gasteiger partial charge < -0.3 is 10.1 Å². The van der Waals surface area contributed by atoms with Crippen LogP contribution in [0.15, 0.2) is 24.3 Å². The lowest BCUT2D eigenvalue weighted by Crippen LogP contribution is -2.37. The van der Waals surface area contributed by atoms with Crippen LogP contribution in [0.4, 0.5) is 0 Å². The molecule has 0 aliphatic rings. The number of rotatable bonds is 6. The van der Waals surface area contributed by atoms with Crippen LogP contribution < -0.4 is 5.32 Å². The number of aromatic nitrogens is 2. The third-order valence-corrected chi connectivity index (χ3v) is 3.97. The Bertz CT molecular complexity index is 574. The van der Waals surface area contributed by atoms with Gasteiger partial charge >= 0.3 is 0 Å². The molecule has 0 saturated carbocycles. The van der Waals surface area contributed by atoms with Crippen molar-refractivity contribution in [1.29, 1.82) is 0 Å². The first-order valence-corrected chi connectivity index (χ1v) is 7.10. The second-order valence-corrected chi connectivity index (χ2v) is 5.95. The molecule has 1 N–H and O–H groups in total. The molecular weight excluding hydrogens is 250 g/mol. The lowest BCUT2D eigenvalue weighted by atomic mass is 9.95. The van der Waals surface area contributed by atoms with Gasteiger partial charge in [0.1, 0.15) is 0 Å². The van der Waals surface area contributed by atoms with Crippen LogP contribution in [0.3, 0.4) is 0 Å². The minimum absolute atomic E-state index is 0.127. The molecule has 0 amide bonds. The van der Waals surface area contributed by atoms with Gasteiger partial charge in [0, 0.05) is 32.0 Å². The topological polar surface area (TPSA) is 39.1 Å². The van der Waals surface area contributed by atoms with Crippen molar-refractivity contribution in [2.45, 2.75) is 38.3 Å². The largest absolute Gasteiger partial charge is 0.379 e. The van der Waals surface area contributed by atoms with E-state index >= 15 is 0 Å². The quantitative estimate of drug-likeness (QED) is 0.880. The first-order chi connectivity index (χ1) is 9.46. The van der Waals surface area contributed by atoms with Crippen LogP contribution in [-0.2, 0) is 18.2 Å². The van der Waals surface area contributed by atoms with Gasteiger partial charge in [0.15, 0.2) is 0 Å². The molecule has 2 aromatic rings. The number of likely N-dealkylation sites (N-methyl/N-ethyl adjacent to an activating group) is 1. The van der Waals surface area contributed by atoms with Crippen molar-refractivity contribution >= 4 is 10.9 Å². The number of benzene rings is 1. The maximum atomic E-state index is 5.53. The normalized spacial score (nSPS) is 13.8. The smallest absolute Gasteiger partial charge is 0.0718 e. The zero-order valence-electron chi connectivity index (χ0n) is 13.1. The van der Waals surface area contributed by atoms with E-state index in [0.29, 0.717) is 6.04 Å². The maximum Gasteiger partial charge on any atom is 0.0718 e. The van der Waals surface area contributed by atoms with E-state index in [2.05, 4.69) is 48.5 Å². The predicted molar refractivity (Wildman–Crippen MR) is 83.0 cm³/mol. The van der Waals surface area contributed by atoms with Crippen molar-refractivity contribution in [3.8, 4) is 0 Å². The Morgan fingerprint density at radius 2 is 2.05 bits per heavy atom. The summed E-state index contributed by atoms with van der Waals surface area (Å²) >= 11 is 0. The summed E-state index contributed by atoms with van der Waals surface area (Å²) in [4.78, 5) is 0. The maximum absolute atomic E-state index is 5.53. The first kappa shape index (κ1) is 15.0. The molecule has 0 aliphatic carbocycles. The lowest BCUT2D eigenvalue weighted by molar-refractivity contribution is 0.00767. The SMILES string of the molecule is CNC(Cc1nn(C)c2ccccc12)CC(C)(C)OC. The van der Waals surface area contributed by atoms with Gasteiger partial charge in [0.2, 0.25) is 0 Å². The fraction of sp³-hybridized carbons (Fsp3) is 0.562.